The number of fused-ring (bicyclic) bond motifs is 7. The first-order valence-electron chi connectivity index (χ1n) is 26.7. The summed E-state index contributed by atoms with van der Waals surface area (Å²) >= 11 is 0. The lowest BCUT2D eigenvalue weighted by Gasteiger charge is -2.74. The molecular weight excluding hydrogens is 847 g/mol. The Morgan fingerprint density at radius 1 is 0.809 bits per heavy atom. The van der Waals surface area contributed by atoms with Gasteiger partial charge in [0, 0.05) is 6.54 Å². The molecule has 1 aliphatic heterocycles. The molecule has 1 saturated heterocycles. The first kappa shape index (κ1) is 47.5. The average molecular weight is 928 g/mol. The van der Waals surface area contributed by atoms with Crippen molar-refractivity contribution in [1.29, 1.82) is 0 Å². The Morgan fingerprint density at radius 2 is 1.53 bits per heavy atom. The number of H-pyrrole nitrogens is 1. The maximum absolute atomic E-state index is 15.7. The molecule has 9 heteroatoms. The molecule has 9 nitrogen and oxygen atoms in total. The zero-order chi connectivity index (χ0) is 48.4. The van der Waals surface area contributed by atoms with Crippen molar-refractivity contribution in [3.63, 3.8) is 0 Å². The van der Waals surface area contributed by atoms with Crippen LogP contribution in [0.2, 0.25) is 0 Å². The number of aliphatic carboxylic acids is 1. The molecule has 1 aromatic heterocycles. The molecule has 2 heterocycles. The van der Waals surface area contributed by atoms with E-state index in [9.17, 15) is 14.7 Å². The number of methoxy groups -OCH3 is 1. The van der Waals surface area contributed by atoms with Gasteiger partial charge in [0.2, 0.25) is 5.91 Å². The van der Waals surface area contributed by atoms with Gasteiger partial charge in [0.25, 0.3) is 0 Å². The Morgan fingerprint density at radius 3 is 2.21 bits per heavy atom. The minimum absolute atomic E-state index is 0.0389. The number of aromatic amines is 1. The second kappa shape index (κ2) is 16.5. The fourth-order valence-electron chi connectivity index (χ4n) is 19.0. The zero-order valence-electron chi connectivity index (χ0n) is 43.0. The van der Waals surface area contributed by atoms with Crippen molar-refractivity contribution in [2.75, 3.05) is 13.7 Å². The van der Waals surface area contributed by atoms with Crippen LogP contribution in [0.3, 0.4) is 0 Å². The summed E-state index contributed by atoms with van der Waals surface area (Å²) in [6, 6.07) is 17.8. The van der Waals surface area contributed by atoms with Gasteiger partial charge < -0.3 is 24.5 Å². The van der Waals surface area contributed by atoms with E-state index in [1.807, 2.05) is 62.5 Å². The number of rotatable bonds is 10. The van der Waals surface area contributed by atoms with E-state index in [0.717, 1.165) is 106 Å². The summed E-state index contributed by atoms with van der Waals surface area (Å²) in [6.07, 6.45) is 14.8. The number of imidazole rings is 1. The summed E-state index contributed by atoms with van der Waals surface area (Å²) < 4.78 is 11.3. The summed E-state index contributed by atoms with van der Waals surface area (Å²) in [5, 5.41) is 11.4. The molecular formula is C59H81N3O6. The number of nitrogens with one attached hydrogen (secondary N) is 1. The van der Waals surface area contributed by atoms with Crippen LogP contribution in [0.1, 0.15) is 163 Å². The third kappa shape index (κ3) is 6.56. The molecule has 2 aromatic carbocycles. The summed E-state index contributed by atoms with van der Waals surface area (Å²) in [4.78, 5) is 54.2. The highest BCUT2D eigenvalue weighted by Gasteiger charge is 2.77. The predicted octanol–water partition coefficient (Wildman–Crippen LogP) is 13.0. The minimum atomic E-state index is -1.00. The highest BCUT2D eigenvalue weighted by Crippen LogP contribution is 2.80. The van der Waals surface area contributed by atoms with Crippen LogP contribution >= 0.6 is 0 Å². The maximum atomic E-state index is 15.7. The van der Waals surface area contributed by atoms with Gasteiger partial charge in [0.15, 0.2) is 0 Å². The van der Waals surface area contributed by atoms with Crippen LogP contribution < -0.4 is 4.74 Å². The van der Waals surface area contributed by atoms with E-state index >= 15 is 4.79 Å². The van der Waals surface area contributed by atoms with Gasteiger partial charge in [-0.1, -0.05) is 92.6 Å². The normalized spacial score (nSPS) is 40.0. The van der Waals surface area contributed by atoms with Crippen molar-refractivity contribution in [2.45, 2.75) is 158 Å². The molecule has 6 saturated carbocycles. The van der Waals surface area contributed by atoms with Gasteiger partial charge in [-0.15, -0.1) is 0 Å². The Bertz CT molecular complexity index is 2410. The Balaban J connectivity index is 0.900. The van der Waals surface area contributed by atoms with Crippen molar-refractivity contribution in [3.05, 3.63) is 72.2 Å². The number of nitrogens with zero attached hydrogens (tertiary/aromatic N) is 2. The van der Waals surface area contributed by atoms with E-state index in [0.29, 0.717) is 47.8 Å². The number of carboxylic acid groups (broad SMARTS) is 1. The summed E-state index contributed by atoms with van der Waals surface area (Å²) in [5.74, 6) is 3.39. The summed E-state index contributed by atoms with van der Waals surface area (Å²) in [6.45, 7) is 22.7. The number of amides is 1. The van der Waals surface area contributed by atoms with Crippen LogP contribution in [0.4, 0.5) is 0 Å². The molecule has 3 aromatic rings. The van der Waals surface area contributed by atoms with E-state index in [-0.39, 0.29) is 51.6 Å². The molecule has 68 heavy (non-hydrogen) atoms. The maximum Gasteiger partial charge on any atom is 0.310 e. The predicted molar refractivity (Wildman–Crippen MR) is 265 cm³/mol. The van der Waals surface area contributed by atoms with E-state index in [4.69, 9.17) is 14.5 Å². The lowest BCUT2D eigenvalue weighted by Crippen LogP contribution is -2.71. The third-order valence-electron chi connectivity index (χ3n) is 22.7. The van der Waals surface area contributed by atoms with Crippen LogP contribution in [0.25, 0.3) is 11.3 Å². The van der Waals surface area contributed by atoms with Crippen molar-refractivity contribution in [3.8, 4) is 17.0 Å². The minimum Gasteiger partial charge on any atom is -0.497 e. The van der Waals surface area contributed by atoms with Gasteiger partial charge in [-0.2, -0.15) is 0 Å². The molecule has 0 bridgehead atoms. The standard InChI is InChI=1S/C59H81N3O6/c1-36(2)40-24-29-58(51(64)62-32-14-17-44(62)49-60-34-43(61-49)38-18-20-39(67-10)21-19-38)31-30-56(8)41(48(40)58)22-23-47-55(7)27-25-46(53(3,4)45(55)26-28-57(47,56)9)59(52(65)66)33-42(54(59,5)6)50(63)68-35-37-15-12-11-13-16-37/h11-13,15-16,18-21,34,36,40-42,44-48H,14,17,22-33,35H2,1-10H3,(H,60,61)(H,65,66)/t40?,41-,42+,44+,45-,46+,47-,48-,55-,56-,57-,58+,59-/m1/s1. The Hall–Kier alpha value is -4.14. The van der Waals surface area contributed by atoms with E-state index < -0.39 is 22.7 Å². The highest BCUT2D eigenvalue weighted by molar-refractivity contribution is 5.85. The molecule has 6 aliphatic carbocycles. The first-order valence-corrected chi connectivity index (χ1v) is 26.7. The molecule has 1 amide bonds. The number of aromatic nitrogens is 2. The molecule has 368 valence electrons. The van der Waals surface area contributed by atoms with Gasteiger partial charge in [0.05, 0.1) is 41.8 Å². The van der Waals surface area contributed by atoms with Crippen LogP contribution in [0.15, 0.2) is 60.8 Å². The topological polar surface area (TPSA) is 122 Å². The number of carboxylic acids is 1. The number of benzene rings is 2. The molecule has 13 atom stereocenters. The van der Waals surface area contributed by atoms with Crippen LogP contribution in [0, 0.1) is 85.2 Å². The quantitative estimate of drug-likeness (QED) is 0.194. The molecule has 2 N–H and O–H groups in total. The highest BCUT2D eigenvalue weighted by atomic mass is 16.5. The molecule has 7 aliphatic rings. The lowest BCUT2D eigenvalue weighted by molar-refractivity contribution is -0.270. The number of likely N-dealkylation sites (tertiary alicyclic amines) is 1. The van der Waals surface area contributed by atoms with Crippen LogP contribution in [-0.4, -0.2) is 51.5 Å². The van der Waals surface area contributed by atoms with Gasteiger partial charge in [0.1, 0.15) is 18.2 Å². The molecule has 1 unspecified atom stereocenters. The smallest absolute Gasteiger partial charge is 0.310 e. The Kier molecular flexibility index (Phi) is 11.5. The largest absolute Gasteiger partial charge is 0.497 e. The van der Waals surface area contributed by atoms with Crippen molar-refractivity contribution >= 4 is 17.8 Å². The molecule has 7 fully saturated rings. The van der Waals surface area contributed by atoms with E-state index in [1.54, 1.807) is 7.11 Å². The molecule has 10 rings (SSSR count). The van der Waals surface area contributed by atoms with Gasteiger partial charge in [-0.25, -0.2) is 4.98 Å². The number of hydrogen-bond acceptors (Lipinski definition) is 6. The van der Waals surface area contributed by atoms with Crippen molar-refractivity contribution in [1.82, 2.24) is 14.9 Å². The SMILES string of the molecule is COc1ccc(-c2cnc([C@@H]3CCCN3C(=O)[C@]34CCC(C(C)C)[C@@H]3[C@H]3CC[C@@H]5[C@]6(C)CC[C@H]([C@@]7(C(=O)O)C[C@@H](C(=O)OCc8ccccc8)C7(C)C)C(C)(C)[C@H]6CC[C@@]5(C)[C@]3(C)CC4)[nH]2)cc1. The fourth-order valence-corrected chi connectivity index (χ4v) is 19.0. The van der Waals surface area contributed by atoms with Gasteiger partial charge >= 0.3 is 11.9 Å². The van der Waals surface area contributed by atoms with Gasteiger partial charge in [-0.05, 0) is 187 Å². The Labute approximate surface area is 406 Å². The summed E-state index contributed by atoms with van der Waals surface area (Å²) in [7, 11) is 1.69. The zero-order valence-corrected chi connectivity index (χ0v) is 43.0. The van der Waals surface area contributed by atoms with Crippen LogP contribution in [0.5, 0.6) is 5.75 Å². The number of hydrogen-bond donors (Lipinski definition) is 2. The molecule has 0 spiro atoms. The number of carbonyl (C=O) groups is 3. The lowest BCUT2D eigenvalue weighted by atomic mass is 9.29. The summed E-state index contributed by atoms with van der Waals surface area (Å²) in [5.41, 5.74) is 0.911. The fraction of sp³-hybridized carbons (Fsp3) is 0.695. The van der Waals surface area contributed by atoms with E-state index in [2.05, 4.69) is 70.5 Å². The average Bonchev–Trinajstić information content (AvgIpc) is 4.09. The number of carbonyl (C=O) groups excluding carboxylic acids is 2. The van der Waals surface area contributed by atoms with Crippen molar-refractivity contribution in [2.24, 2.45) is 85.2 Å². The monoisotopic (exact) mass is 928 g/mol. The number of esters is 1. The second-order valence-corrected chi connectivity index (χ2v) is 25.6. The first-order chi connectivity index (χ1) is 32.2. The van der Waals surface area contributed by atoms with Crippen molar-refractivity contribution < 1.29 is 29.0 Å². The number of ether oxygens (including phenoxy) is 2. The van der Waals surface area contributed by atoms with Crippen LogP contribution in [-0.2, 0) is 25.7 Å². The van der Waals surface area contributed by atoms with E-state index in [1.165, 1.54) is 6.42 Å². The third-order valence-corrected chi connectivity index (χ3v) is 22.7. The van der Waals surface area contributed by atoms with Gasteiger partial charge in [-0.3, -0.25) is 14.4 Å². The second-order valence-electron chi connectivity index (χ2n) is 25.6. The molecule has 0 radical (unpaired) electrons.